The Morgan fingerprint density at radius 2 is 2.00 bits per heavy atom. The van der Waals surface area contributed by atoms with E-state index < -0.39 is 23.4 Å². The summed E-state index contributed by atoms with van der Waals surface area (Å²) in [6, 6.07) is 3.73. The van der Waals surface area contributed by atoms with Gasteiger partial charge in [-0.1, -0.05) is 6.07 Å². The van der Waals surface area contributed by atoms with Crippen LogP contribution in [0.5, 0.6) is 5.75 Å². The van der Waals surface area contributed by atoms with Gasteiger partial charge in [-0.15, -0.1) is 0 Å². The van der Waals surface area contributed by atoms with E-state index in [1.54, 1.807) is 6.07 Å². The molecule has 4 unspecified atom stereocenters. The number of rotatable bonds is 3. The first-order valence-corrected chi connectivity index (χ1v) is 12.9. The van der Waals surface area contributed by atoms with Crippen LogP contribution >= 0.6 is 0 Å². The van der Waals surface area contributed by atoms with Gasteiger partial charge < -0.3 is 29.8 Å². The van der Waals surface area contributed by atoms with Crippen molar-refractivity contribution in [3.8, 4) is 5.75 Å². The number of fused-ring (bicyclic) bond motifs is 5. The second kappa shape index (κ2) is 8.75. The highest BCUT2D eigenvalue weighted by Crippen LogP contribution is 2.48. The number of benzene rings is 1. The Bertz CT molecular complexity index is 941. The van der Waals surface area contributed by atoms with Gasteiger partial charge in [0, 0.05) is 32.0 Å². The van der Waals surface area contributed by atoms with E-state index >= 15 is 0 Å². The summed E-state index contributed by atoms with van der Waals surface area (Å²) in [6.45, 7) is 3.58. The Hall–Kier alpha value is -1.71. The predicted molar refractivity (Wildman–Crippen MR) is 124 cm³/mol. The summed E-state index contributed by atoms with van der Waals surface area (Å²) in [5.41, 5.74) is 7.40. The monoisotopic (exact) mass is 472 g/mol. The summed E-state index contributed by atoms with van der Waals surface area (Å²) in [5.74, 6) is -0.833. The second-order valence-electron chi connectivity index (χ2n) is 10.7. The van der Waals surface area contributed by atoms with Crippen molar-refractivity contribution in [1.82, 2.24) is 4.90 Å². The van der Waals surface area contributed by atoms with Crippen LogP contribution in [0, 0.1) is 0 Å². The lowest BCUT2D eigenvalue weighted by Gasteiger charge is -2.51. The number of nitrogens with zero attached hydrogens (tertiary/aromatic N) is 1. The summed E-state index contributed by atoms with van der Waals surface area (Å²) < 4.78 is 24.9. The second-order valence-corrected chi connectivity index (χ2v) is 10.7. The molecule has 1 aromatic rings. The Morgan fingerprint density at radius 3 is 2.76 bits per heavy atom. The number of nitrogens with two attached hydrogens (primary N) is 1. The van der Waals surface area contributed by atoms with Gasteiger partial charge in [0.15, 0.2) is 6.10 Å². The zero-order valence-corrected chi connectivity index (χ0v) is 19.8. The molecule has 1 spiro atoms. The molecule has 1 saturated carbocycles. The molecule has 0 aromatic heterocycles. The van der Waals surface area contributed by atoms with Crippen LogP contribution in [0.2, 0.25) is 0 Å². The van der Waals surface area contributed by atoms with Crippen LogP contribution in [0.3, 0.4) is 0 Å². The highest BCUT2D eigenvalue weighted by atomic mass is 16.8. The molecule has 6 rings (SSSR count). The molecule has 3 fully saturated rings. The zero-order valence-electron chi connectivity index (χ0n) is 19.8. The maximum atomic E-state index is 12.4. The first-order chi connectivity index (χ1) is 16.5. The Morgan fingerprint density at radius 1 is 1.15 bits per heavy atom. The molecule has 8 nitrogen and oxygen atoms in total. The lowest BCUT2D eigenvalue weighted by atomic mass is 9.73. The molecule has 34 heavy (non-hydrogen) atoms. The maximum Gasteiger partial charge on any atom is 0.252 e. The van der Waals surface area contributed by atoms with Crippen LogP contribution < -0.4 is 10.5 Å². The van der Waals surface area contributed by atoms with E-state index in [2.05, 4.69) is 4.90 Å². The molecule has 3 N–H and O–H groups in total. The minimum absolute atomic E-state index is 0.0798. The fourth-order valence-electron chi connectivity index (χ4n) is 6.88. The molecular formula is C26H36N2O6. The standard InChI is InChI=1S/C26H36N2O6/c27-24(29)20-7-6-17-14-21-25(30)8-9-26(32-12-13-33-26)22(15-25)34-23(20)19(17)5-1-2-10-28(21)16-18-4-3-11-31-18/h6-7,18,21-22,30H,1-5,8-16H2,(H2,27,29). The van der Waals surface area contributed by atoms with E-state index in [-0.39, 0.29) is 12.1 Å². The summed E-state index contributed by atoms with van der Waals surface area (Å²) in [6.07, 6.45) is 6.88. The third kappa shape index (κ3) is 3.84. The van der Waals surface area contributed by atoms with Crippen molar-refractivity contribution < 1.29 is 28.8 Å². The average molecular weight is 473 g/mol. The fourth-order valence-corrected chi connectivity index (χ4v) is 6.88. The Labute approximate surface area is 200 Å². The third-order valence-electron chi connectivity index (χ3n) is 8.65. The SMILES string of the molecule is NC(=O)c1ccc2c3c1OC1CC(O)(CCC14OCCO4)C(C2)N(CC1CCCO1)CCCC3. The maximum absolute atomic E-state index is 12.4. The predicted octanol–water partition coefficient (Wildman–Crippen LogP) is 1.93. The fraction of sp³-hybridized carbons (Fsp3) is 0.731. The molecule has 8 heteroatoms. The van der Waals surface area contributed by atoms with Gasteiger partial charge in [0.1, 0.15) is 5.75 Å². The largest absolute Gasteiger partial charge is 0.484 e. The van der Waals surface area contributed by atoms with E-state index in [9.17, 15) is 9.90 Å². The molecule has 1 aliphatic carbocycles. The zero-order chi connectivity index (χ0) is 23.3. The van der Waals surface area contributed by atoms with Crippen LogP contribution in [-0.2, 0) is 27.1 Å². The number of amides is 1. The van der Waals surface area contributed by atoms with E-state index in [1.165, 1.54) is 0 Å². The number of hydrogen-bond acceptors (Lipinski definition) is 7. The number of carbonyl (C=O) groups excluding carboxylic acids is 1. The number of aliphatic hydroxyl groups is 1. The molecule has 6 bridgehead atoms. The number of primary amides is 1. The van der Waals surface area contributed by atoms with Gasteiger partial charge >= 0.3 is 0 Å². The summed E-state index contributed by atoms with van der Waals surface area (Å²) >= 11 is 0. The summed E-state index contributed by atoms with van der Waals surface area (Å²) in [5, 5.41) is 12.3. The number of carbonyl (C=O) groups is 1. The molecule has 5 aliphatic rings. The van der Waals surface area contributed by atoms with Crippen molar-refractivity contribution in [2.75, 3.05) is 32.9 Å². The van der Waals surface area contributed by atoms with Crippen LogP contribution in [0.4, 0.5) is 0 Å². The normalized spacial score (nSPS) is 35.0. The van der Waals surface area contributed by atoms with E-state index in [0.717, 1.165) is 62.9 Å². The van der Waals surface area contributed by atoms with Gasteiger partial charge in [-0.2, -0.15) is 0 Å². The van der Waals surface area contributed by atoms with Gasteiger partial charge in [-0.3, -0.25) is 9.69 Å². The average Bonchev–Trinajstić information content (AvgIpc) is 3.51. The molecule has 4 heterocycles. The molecule has 186 valence electrons. The van der Waals surface area contributed by atoms with Crippen LogP contribution in [-0.4, -0.2) is 78.5 Å². The van der Waals surface area contributed by atoms with Crippen molar-refractivity contribution in [1.29, 1.82) is 0 Å². The molecular weight excluding hydrogens is 436 g/mol. The molecule has 2 saturated heterocycles. The minimum Gasteiger partial charge on any atom is -0.484 e. The van der Waals surface area contributed by atoms with Gasteiger partial charge in [-0.05, 0) is 68.7 Å². The molecule has 4 aliphatic heterocycles. The van der Waals surface area contributed by atoms with Gasteiger partial charge in [-0.25, -0.2) is 0 Å². The number of ether oxygens (including phenoxy) is 4. The topological polar surface area (TPSA) is 103 Å². The van der Waals surface area contributed by atoms with Crippen molar-refractivity contribution in [3.05, 3.63) is 28.8 Å². The Kier molecular flexibility index (Phi) is 5.85. The minimum atomic E-state index is -0.967. The smallest absolute Gasteiger partial charge is 0.252 e. The van der Waals surface area contributed by atoms with Gasteiger partial charge in [0.25, 0.3) is 5.91 Å². The van der Waals surface area contributed by atoms with Crippen LogP contribution in [0.15, 0.2) is 12.1 Å². The van der Waals surface area contributed by atoms with Crippen molar-refractivity contribution in [3.63, 3.8) is 0 Å². The van der Waals surface area contributed by atoms with Crippen LogP contribution in [0.1, 0.15) is 66.4 Å². The first-order valence-electron chi connectivity index (χ1n) is 12.9. The van der Waals surface area contributed by atoms with Crippen molar-refractivity contribution in [2.24, 2.45) is 5.73 Å². The summed E-state index contributed by atoms with van der Waals surface area (Å²) in [7, 11) is 0. The van der Waals surface area contributed by atoms with Gasteiger partial charge in [0.2, 0.25) is 5.79 Å². The lowest BCUT2D eigenvalue weighted by Crippen LogP contribution is -2.63. The summed E-state index contributed by atoms with van der Waals surface area (Å²) in [4.78, 5) is 14.9. The van der Waals surface area contributed by atoms with Crippen molar-refractivity contribution >= 4 is 5.91 Å². The van der Waals surface area contributed by atoms with E-state index in [0.29, 0.717) is 50.2 Å². The molecule has 4 atom stereocenters. The van der Waals surface area contributed by atoms with Gasteiger partial charge in [0.05, 0.1) is 30.5 Å². The molecule has 0 radical (unpaired) electrons. The van der Waals surface area contributed by atoms with E-state index in [4.69, 9.17) is 24.7 Å². The molecule has 1 amide bonds. The van der Waals surface area contributed by atoms with E-state index in [1.807, 2.05) is 6.07 Å². The quantitative estimate of drug-likeness (QED) is 0.693. The number of hydrogen-bond donors (Lipinski definition) is 2. The molecule has 1 aromatic carbocycles. The van der Waals surface area contributed by atoms with Crippen molar-refractivity contribution in [2.45, 2.75) is 87.4 Å². The van der Waals surface area contributed by atoms with Crippen LogP contribution in [0.25, 0.3) is 0 Å². The highest BCUT2D eigenvalue weighted by Gasteiger charge is 2.58. The third-order valence-corrected chi connectivity index (χ3v) is 8.65. The first kappa shape index (κ1) is 22.7. The Balaban J connectivity index is 1.47. The highest BCUT2D eigenvalue weighted by molar-refractivity contribution is 5.96. The lowest BCUT2D eigenvalue weighted by molar-refractivity contribution is -0.259.